The molecule has 10 heteroatoms. The van der Waals surface area contributed by atoms with Gasteiger partial charge in [0.1, 0.15) is 18.3 Å². The predicted molar refractivity (Wildman–Crippen MR) is 289 cm³/mol. The normalized spacial score (nSPS) is 13.5. The van der Waals surface area contributed by atoms with Gasteiger partial charge >= 0.3 is 17.9 Å². The second-order valence-electron chi connectivity index (χ2n) is 20.5. The molecule has 0 aliphatic carbocycles. The molecule has 69 heavy (non-hydrogen) atoms. The number of hydrogen-bond acceptors (Lipinski definition) is 9. The second-order valence-corrected chi connectivity index (χ2v) is 20.5. The molecule has 1 heterocycles. The van der Waals surface area contributed by atoms with Crippen molar-refractivity contribution in [1.82, 2.24) is 19.4 Å². The van der Waals surface area contributed by atoms with E-state index in [-0.39, 0.29) is 42.4 Å². The second kappa shape index (κ2) is 46.6. The van der Waals surface area contributed by atoms with Gasteiger partial charge in [0.25, 0.3) is 0 Å². The lowest BCUT2D eigenvalue weighted by molar-refractivity contribution is -0.150. The van der Waals surface area contributed by atoms with Crippen molar-refractivity contribution in [2.75, 3.05) is 32.7 Å². The summed E-state index contributed by atoms with van der Waals surface area (Å²) in [5, 5.41) is 0. The molecule has 0 aromatic carbocycles. The highest BCUT2D eigenvalue weighted by Gasteiger charge is 2.17. The van der Waals surface area contributed by atoms with E-state index in [4.69, 9.17) is 14.2 Å². The van der Waals surface area contributed by atoms with Crippen molar-refractivity contribution in [3.05, 3.63) is 18.7 Å². The van der Waals surface area contributed by atoms with E-state index in [2.05, 4.69) is 74.0 Å². The summed E-state index contributed by atoms with van der Waals surface area (Å²) in [6.45, 7) is 20.9. The van der Waals surface area contributed by atoms with Crippen molar-refractivity contribution in [2.24, 2.45) is 0 Å². The van der Waals surface area contributed by atoms with Gasteiger partial charge in [0.05, 0.1) is 12.5 Å². The first-order valence-corrected chi connectivity index (χ1v) is 29.7. The Morgan fingerprint density at radius 1 is 0.435 bits per heavy atom. The molecular formula is C59H112N4O6. The van der Waals surface area contributed by atoms with Gasteiger partial charge in [-0.3, -0.25) is 19.3 Å². The Bertz CT molecular complexity index is 1250. The summed E-state index contributed by atoms with van der Waals surface area (Å²) in [5.74, 6) is -0.0289. The average molecular weight is 974 g/mol. The van der Waals surface area contributed by atoms with Gasteiger partial charge in [-0.1, -0.05) is 157 Å². The number of aromatic nitrogens is 2. The van der Waals surface area contributed by atoms with Gasteiger partial charge < -0.3 is 23.7 Å². The van der Waals surface area contributed by atoms with Gasteiger partial charge in [0.15, 0.2) is 0 Å². The summed E-state index contributed by atoms with van der Waals surface area (Å²) < 4.78 is 19.6. The lowest BCUT2D eigenvalue weighted by Crippen LogP contribution is -2.35. The summed E-state index contributed by atoms with van der Waals surface area (Å²) in [7, 11) is 0. The third-order valence-corrected chi connectivity index (χ3v) is 14.3. The van der Waals surface area contributed by atoms with Gasteiger partial charge in [0, 0.05) is 44.7 Å². The van der Waals surface area contributed by atoms with E-state index < -0.39 is 0 Å². The van der Waals surface area contributed by atoms with Gasteiger partial charge in [-0.2, -0.15) is 0 Å². The van der Waals surface area contributed by atoms with Crippen LogP contribution in [0.4, 0.5) is 0 Å². The number of imidazole rings is 1. The van der Waals surface area contributed by atoms with Crippen molar-refractivity contribution in [1.29, 1.82) is 0 Å². The zero-order valence-electron chi connectivity index (χ0n) is 46.5. The number of ether oxygens (including phenoxy) is 3. The van der Waals surface area contributed by atoms with Crippen LogP contribution in [0.15, 0.2) is 18.7 Å². The molecule has 0 spiro atoms. The fraction of sp³-hybridized carbons (Fsp3) is 0.898. The number of carbonyl (C=O) groups is 3. The lowest BCUT2D eigenvalue weighted by Gasteiger charge is -2.31. The molecule has 4 atom stereocenters. The first kappa shape index (κ1) is 64.6. The maximum atomic E-state index is 12.5. The van der Waals surface area contributed by atoms with Crippen LogP contribution in [0.1, 0.15) is 292 Å². The monoisotopic (exact) mass is 973 g/mol. The zero-order valence-corrected chi connectivity index (χ0v) is 46.5. The fourth-order valence-corrected chi connectivity index (χ4v) is 9.55. The SMILES string of the molecule is CCCCCC(CC)OC(=O)CCCCCCCCN(CCCCCCCCC(=O)OC(CC)CCCCC)CCCN(CCCCCCCCC(=O)OC(CC)CCCCC)C(C)n1ccnc1. The van der Waals surface area contributed by atoms with Crippen molar-refractivity contribution in [2.45, 2.75) is 311 Å². The number of esters is 3. The van der Waals surface area contributed by atoms with Crippen molar-refractivity contribution in [3.63, 3.8) is 0 Å². The van der Waals surface area contributed by atoms with E-state index in [0.717, 1.165) is 135 Å². The van der Waals surface area contributed by atoms with E-state index in [1.54, 1.807) is 0 Å². The molecule has 0 aliphatic heterocycles. The van der Waals surface area contributed by atoms with E-state index in [1.807, 2.05) is 12.5 Å². The van der Waals surface area contributed by atoms with Crippen LogP contribution in [0.5, 0.6) is 0 Å². The Balaban J connectivity index is 2.58. The fourth-order valence-electron chi connectivity index (χ4n) is 9.55. The topological polar surface area (TPSA) is 103 Å². The first-order chi connectivity index (χ1) is 33.7. The van der Waals surface area contributed by atoms with Crippen molar-refractivity contribution >= 4 is 17.9 Å². The van der Waals surface area contributed by atoms with Gasteiger partial charge in [-0.05, 0) is 129 Å². The Labute approximate surface area is 426 Å². The Hall–Kier alpha value is -2.46. The van der Waals surface area contributed by atoms with Gasteiger partial charge in [-0.25, -0.2) is 4.98 Å². The smallest absolute Gasteiger partial charge is 0.306 e. The van der Waals surface area contributed by atoms with Crippen LogP contribution in [-0.2, 0) is 28.6 Å². The van der Waals surface area contributed by atoms with Crippen LogP contribution >= 0.6 is 0 Å². The van der Waals surface area contributed by atoms with Gasteiger partial charge in [-0.15, -0.1) is 0 Å². The van der Waals surface area contributed by atoms with Gasteiger partial charge in [0.2, 0.25) is 0 Å². The Morgan fingerprint density at radius 2 is 0.768 bits per heavy atom. The Kier molecular flexibility index (Phi) is 43.6. The molecule has 0 saturated heterocycles. The summed E-state index contributed by atoms with van der Waals surface area (Å²) >= 11 is 0. The lowest BCUT2D eigenvalue weighted by atomic mass is 10.1. The third kappa shape index (κ3) is 37.0. The predicted octanol–water partition coefficient (Wildman–Crippen LogP) is 16.3. The third-order valence-electron chi connectivity index (χ3n) is 14.3. The summed E-state index contributed by atoms with van der Waals surface area (Å²) in [6, 6.07) is 0. The first-order valence-electron chi connectivity index (χ1n) is 29.7. The minimum atomic E-state index is -0.0119. The zero-order chi connectivity index (χ0) is 50.4. The van der Waals surface area contributed by atoms with E-state index in [0.29, 0.717) is 19.3 Å². The highest BCUT2D eigenvalue weighted by Crippen LogP contribution is 2.19. The summed E-state index contributed by atoms with van der Waals surface area (Å²) in [5.41, 5.74) is 0. The highest BCUT2D eigenvalue weighted by molar-refractivity contribution is 5.70. The number of carbonyl (C=O) groups excluding carboxylic acids is 3. The molecule has 0 N–H and O–H groups in total. The van der Waals surface area contributed by atoms with Crippen LogP contribution in [-0.4, -0.2) is 88.3 Å². The van der Waals surface area contributed by atoms with Crippen LogP contribution in [0, 0.1) is 0 Å². The Morgan fingerprint density at radius 3 is 1.12 bits per heavy atom. The minimum absolute atomic E-state index is 0.00849. The standard InChI is InChI=1S/C59H112N4O6/c1-8-14-29-39-54(11-4)67-57(64)42-32-23-17-20-26-35-46-61(47-36-27-21-18-24-33-43-58(65)68-55(12-5)40-30-15-9-2)48-38-50-62(53(7)63-51-45-60-52-63)49-37-28-22-19-25-34-44-59(66)69-56(13-6)41-31-16-10-3/h45,51-56H,8-44,46-50H2,1-7H3. The molecule has 0 radical (unpaired) electrons. The van der Waals surface area contributed by atoms with Crippen LogP contribution in [0.2, 0.25) is 0 Å². The minimum Gasteiger partial charge on any atom is -0.462 e. The van der Waals surface area contributed by atoms with Crippen molar-refractivity contribution < 1.29 is 28.6 Å². The van der Waals surface area contributed by atoms with E-state index in [1.165, 1.54) is 116 Å². The molecule has 0 fully saturated rings. The molecule has 0 amide bonds. The summed E-state index contributed by atoms with van der Waals surface area (Å²) in [4.78, 5) is 47.1. The van der Waals surface area contributed by atoms with Crippen LogP contribution < -0.4 is 0 Å². The molecule has 0 bridgehead atoms. The molecule has 0 aliphatic rings. The molecule has 0 saturated carbocycles. The molecule has 4 unspecified atom stereocenters. The molecule has 10 nitrogen and oxygen atoms in total. The van der Waals surface area contributed by atoms with Crippen LogP contribution in [0.3, 0.4) is 0 Å². The average Bonchev–Trinajstić information content (AvgIpc) is 3.90. The highest BCUT2D eigenvalue weighted by atomic mass is 16.6. The molecule has 1 aromatic heterocycles. The van der Waals surface area contributed by atoms with E-state index >= 15 is 0 Å². The molecule has 1 aromatic rings. The number of nitrogens with zero attached hydrogens (tertiary/aromatic N) is 4. The van der Waals surface area contributed by atoms with E-state index in [9.17, 15) is 14.4 Å². The number of hydrogen-bond donors (Lipinski definition) is 0. The van der Waals surface area contributed by atoms with Crippen LogP contribution in [0.25, 0.3) is 0 Å². The summed E-state index contributed by atoms with van der Waals surface area (Å²) in [6.07, 6.45) is 46.3. The molecule has 404 valence electrons. The molecule has 1 rings (SSSR count). The quantitative estimate of drug-likeness (QED) is 0.0359. The maximum absolute atomic E-state index is 12.5. The largest absolute Gasteiger partial charge is 0.462 e. The number of rotatable bonds is 51. The maximum Gasteiger partial charge on any atom is 0.306 e. The van der Waals surface area contributed by atoms with Crippen molar-refractivity contribution in [3.8, 4) is 0 Å². The molecular weight excluding hydrogens is 861 g/mol. The number of unbranched alkanes of at least 4 members (excludes halogenated alkanes) is 21.